The van der Waals surface area contributed by atoms with Crippen LogP contribution in [0.3, 0.4) is 0 Å². The van der Waals surface area contributed by atoms with Crippen LogP contribution in [0.1, 0.15) is 22.6 Å². The number of ether oxygens (including phenoxy) is 1. The average molecular weight is 401 g/mol. The molecule has 0 saturated heterocycles. The fourth-order valence-corrected chi connectivity index (χ4v) is 4.18. The number of cyclic esters (lactones) is 1. The summed E-state index contributed by atoms with van der Waals surface area (Å²) in [5.74, 6) is -0.633. The zero-order chi connectivity index (χ0) is 20.8. The molecule has 1 unspecified atom stereocenters. The molecule has 7 nitrogen and oxygen atoms in total. The van der Waals surface area contributed by atoms with Crippen molar-refractivity contribution in [1.29, 1.82) is 0 Å². The molecule has 2 aromatic carbocycles. The first-order valence-corrected chi connectivity index (χ1v) is 9.66. The minimum absolute atomic E-state index is 0.0890. The maximum atomic E-state index is 13.3. The zero-order valence-electron chi connectivity index (χ0n) is 16.3. The van der Waals surface area contributed by atoms with Crippen molar-refractivity contribution in [2.45, 2.75) is 12.5 Å². The van der Waals surface area contributed by atoms with Crippen LogP contribution in [-0.2, 0) is 23.1 Å². The van der Waals surface area contributed by atoms with Gasteiger partial charge in [0.05, 0.1) is 29.3 Å². The summed E-state index contributed by atoms with van der Waals surface area (Å²) in [6.45, 7) is 0.383. The van der Waals surface area contributed by atoms with Gasteiger partial charge in [0.2, 0.25) is 0 Å². The Morgan fingerprint density at radius 3 is 2.37 bits per heavy atom. The number of rotatable bonds is 3. The second-order valence-corrected chi connectivity index (χ2v) is 7.42. The molecule has 1 atom stereocenters. The molecular weight excluding hydrogens is 382 g/mol. The Hall–Kier alpha value is -3.87. The van der Waals surface area contributed by atoms with Crippen molar-refractivity contribution in [2.24, 2.45) is 7.05 Å². The lowest BCUT2D eigenvalue weighted by Gasteiger charge is -2.29. The van der Waals surface area contributed by atoms with Crippen molar-refractivity contribution in [2.75, 3.05) is 11.9 Å². The second-order valence-electron chi connectivity index (χ2n) is 7.42. The van der Waals surface area contributed by atoms with E-state index in [0.717, 1.165) is 15.7 Å². The molecule has 0 amide bonds. The van der Waals surface area contributed by atoms with Gasteiger partial charge in [-0.3, -0.25) is 13.9 Å². The van der Waals surface area contributed by atoms with Crippen molar-refractivity contribution >= 4 is 11.8 Å². The molecule has 3 aromatic rings. The maximum Gasteiger partial charge on any atom is 0.337 e. The second kappa shape index (κ2) is 6.88. The summed E-state index contributed by atoms with van der Waals surface area (Å²) >= 11 is 0. The van der Waals surface area contributed by atoms with Crippen LogP contribution in [0.25, 0.3) is 0 Å². The van der Waals surface area contributed by atoms with Gasteiger partial charge in [0, 0.05) is 7.05 Å². The minimum Gasteiger partial charge on any atom is -0.456 e. The molecule has 7 heteroatoms. The molecule has 1 aromatic heterocycles. The van der Waals surface area contributed by atoms with Crippen molar-refractivity contribution in [3.05, 3.63) is 109 Å². The molecule has 150 valence electrons. The summed E-state index contributed by atoms with van der Waals surface area (Å²) in [5, 5.41) is 3.17. The number of hydrogen-bond acceptors (Lipinski definition) is 5. The normalized spacial score (nSPS) is 17.2. The Morgan fingerprint density at radius 2 is 1.67 bits per heavy atom. The van der Waals surface area contributed by atoms with Crippen LogP contribution in [0.2, 0.25) is 0 Å². The highest BCUT2D eigenvalue weighted by atomic mass is 16.5. The van der Waals surface area contributed by atoms with Crippen LogP contribution in [0.5, 0.6) is 0 Å². The lowest BCUT2D eigenvalue weighted by atomic mass is 9.82. The number of aromatic nitrogens is 2. The molecule has 5 rings (SSSR count). The van der Waals surface area contributed by atoms with Gasteiger partial charge in [0.1, 0.15) is 12.4 Å². The van der Waals surface area contributed by atoms with Gasteiger partial charge < -0.3 is 10.1 Å². The zero-order valence-corrected chi connectivity index (χ0v) is 16.3. The van der Waals surface area contributed by atoms with Crippen LogP contribution in [-0.4, -0.2) is 21.7 Å². The largest absolute Gasteiger partial charge is 0.456 e. The summed E-state index contributed by atoms with van der Waals surface area (Å²) in [4.78, 5) is 38.8. The average Bonchev–Trinajstić information content (AvgIpc) is 3.15. The fourth-order valence-electron chi connectivity index (χ4n) is 4.18. The highest BCUT2D eigenvalue weighted by molar-refractivity contribution is 5.96. The molecule has 0 fully saturated rings. The molecule has 0 aliphatic carbocycles. The number of nitrogens with one attached hydrogen (secondary N) is 1. The number of esters is 1. The fraction of sp³-hybridized carbons (Fsp3) is 0.174. The highest BCUT2D eigenvalue weighted by Crippen LogP contribution is 2.42. The lowest BCUT2D eigenvalue weighted by molar-refractivity contribution is -0.136. The van der Waals surface area contributed by atoms with E-state index < -0.39 is 23.1 Å². The van der Waals surface area contributed by atoms with E-state index >= 15 is 0 Å². The number of fused-ring (bicyclic) bond motifs is 1. The van der Waals surface area contributed by atoms with Gasteiger partial charge in [-0.2, -0.15) is 0 Å². The van der Waals surface area contributed by atoms with Crippen LogP contribution >= 0.6 is 0 Å². The smallest absolute Gasteiger partial charge is 0.337 e. The Kier molecular flexibility index (Phi) is 4.17. The number of benzene rings is 2. The summed E-state index contributed by atoms with van der Waals surface area (Å²) in [5.41, 5.74) is 2.28. The van der Waals surface area contributed by atoms with E-state index in [1.807, 2.05) is 60.7 Å². The third-order valence-corrected chi connectivity index (χ3v) is 5.63. The third kappa shape index (κ3) is 2.70. The molecule has 0 spiro atoms. The Morgan fingerprint density at radius 1 is 1.00 bits per heavy atom. The molecule has 0 saturated carbocycles. The van der Waals surface area contributed by atoms with E-state index in [4.69, 9.17) is 4.74 Å². The van der Waals surface area contributed by atoms with E-state index in [9.17, 15) is 14.4 Å². The number of anilines is 1. The first-order chi connectivity index (χ1) is 14.6. The lowest BCUT2D eigenvalue weighted by Crippen LogP contribution is -2.44. The van der Waals surface area contributed by atoms with Gasteiger partial charge in [-0.1, -0.05) is 60.7 Å². The summed E-state index contributed by atoms with van der Waals surface area (Å²) in [6, 6.07) is 18.9. The molecule has 3 heterocycles. The SMILES string of the molecule is Cn1c(=O)c2c(n(Cc3ccccc3)c1=O)NC1=C(C(=O)OC1)C2c1ccccc1. The Labute approximate surface area is 171 Å². The molecule has 2 aliphatic heterocycles. The van der Waals surface area contributed by atoms with Crippen molar-refractivity contribution < 1.29 is 9.53 Å². The van der Waals surface area contributed by atoms with Crippen molar-refractivity contribution in [3.8, 4) is 0 Å². The van der Waals surface area contributed by atoms with Crippen LogP contribution in [0.4, 0.5) is 5.82 Å². The Bertz CT molecular complexity index is 1300. The molecule has 0 radical (unpaired) electrons. The van der Waals surface area contributed by atoms with Gasteiger partial charge in [0.15, 0.2) is 0 Å². The first kappa shape index (κ1) is 18.2. The molecule has 1 N–H and O–H groups in total. The van der Waals surface area contributed by atoms with E-state index in [1.165, 1.54) is 7.05 Å². The van der Waals surface area contributed by atoms with E-state index in [2.05, 4.69) is 5.32 Å². The predicted octanol–water partition coefficient (Wildman–Crippen LogP) is 1.96. The van der Waals surface area contributed by atoms with Gasteiger partial charge in [0.25, 0.3) is 5.56 Å². The summed E-state index contributed by atoms with van der Waals surface area (Å²) in [7, 11) is 1.46. The Balaban J connectivity index is 1.80. The number of carbonyl (C=O) groups is 1. The van der Waals surface area contributed by atoms with Crippen molar-refractivity contribution in [3.63, 3.8) is 0 Å². The van der Waals surface area contributed by atoms with Gasteiger partial charge in [-0.15, -0.1) is 0 Å². The highest BCUT2D eigenvalue weighted by Gasteiger charge is 2.41. The predicted molar refractivity (Wildman–Crippen MR) is 111 cm³/mol. The quantitative estimate of drug-likeness (QED) is 0.679. The van der Waals surface area contributed by atoms with Crippen LogP contribution in [0.15, 0.2) is 81.5 Å². The summed E-state index contributed by atoms with van der Waals surface area (Å²) in [6.07, 6.45) is 0. The van der Waals surface area contributed by atoms with Gasteiger partial charge in [-0.25, -0.2) is 9.59 Å². The molecule has 0 bridgehead atoms. The topological polar surface area (TPSA) is 82.3 Å². The number of nitrogens with zero attached hydrogens (tertiary/aromatic N) is 2. The monoisotopic (exact) mass is 401 g/mol. The maximum absolute atomic E-state index is 13.3. The van der Waals surface area contributed by atoms with E-state index in [0.29, 0.717) is 29.2 Å². The number of carbonyl (C=O) groups excluding carboxylic acids is 1. The molecule has 30 heavy (non-hydrogen) atoms. The first-order valence-electron chi connectivity index (χ1n) is 9.66. The minimum atomic E-state index is -0.603. The molecular formula is C23H19N3O4. The van der Waals surface area contributed by atoms with Gasteiger partial charge in [-0.05, 0) is 11.1 Å². The van der Waals surface area contributed by atoms with Gasteiger partial charge >= 0.3 is 11.7 Å². The van der Waals surface area contributed by atoms with Crippen molar-refractivity contribution in [1.82, 2.24) is 9.13 Å². The van der Waals surface area contributed by atoms with Crippen LogP contribution < -0.4 is 16.6 Å². The summed E-state index contributed by atoms with van der Waals surface area (Å²) < 4.78 is 7.92. The third-order valence-electron chi connectivity index (χ3n) is 5.63. The number of hydrogen-bond donors (Lipinski definition) is 1. The molecule has 2 aliphatic rings. The van der Waals surface area contributed by atoms with E-state index in [1.54, 1.807) is 4.57 Å². The standard InChI is InChI=1S/C23H19N3O4/c1-25-21(27)19-17(15-10-6-3-7-11-15)18-16(13-30-22(18)28)24-20(19)26(23(25)29)12-14-8-4-2-5-9-14/h2-11,17,24H,12-13H2,1H3. The van der Waals surface area contributed by atoms with E-state index in [-0.39, 0.29) is 6.61 Å². The van der Waals surface area contributed by atoms with Crippen LogP contribution in [0, 0.1) is 0 Å².